The van der Waals surface area contributed by atoms with Crippen molar-refractivity contribution in [3.63, 3.8) is 0 Å². The standard InChI is InChI=1S/C21H23NO5/c23-18(12-22-21(26)27-13-14-4-2-1-3-5-14)20(25)17-10-8-16(9-11-17)19(24)15-6-7-15/h1-5,8-11,15,18,20,23,25H,6-7,12-13H2,(H,22,26). The van der Waals surface area contributed by atoms with Crippen molar-refractivity contribution in [3.05, 3.63) is 71.3 Å². The maximum Gasteiger partial charge on any atom is 0.407 e. The molecule has 2 aromatic rings. The van der Waals surface area contributed by atoms with E-state index in [0.717, 1.165) is 18.4 Å². The van der Waals surface area contributed by atoms with Gasteiger partial charge in [-0.1, -0.05) is 54.6 Å². The van der Waals surface area contributed by atoms with Crippen molar-refractivity contribution in [2.45, 2.75) is 31.7 Å². The van der Waals surface area contributed by atoms with Gasteiger partial charge < -0.3 is 20.3 Å². The number of benzene rings is 2. The third-order valence-corrected chi connectivity index (χ3v) is 4.52. The number of alkyl carbamates (subject to hydrolysis) is 1. The van der Waals surface area contributed by atoms with E-state index in [1.807, 2.05) is 30.3 Å². The molecule has 1 saturated carbocycles. The Balaban J connectivity index is 1.44. The number of aliphatic hydroxyl groups is 2. The number of rotatable bonds is 8. The summed E-state index contributed by atoms with van der Waals surface area (Å²) in [5.74, 6) is 0.261. The number of aliphatic hydroxyl groups excluding tert-OH is 2. The number of hydrogen-bond acceptors (Lipinski definition) is 5. The van der Waals surface area contributed by atoms with Crippen LogP contribution in [0.15, 0.2) is 54.6 Å². The molecule has 0 aromatic heterocycles. The normalized spacial score (nSPS) is 15.6. The van der Waals surface area contributed by atoms with E-state index in [1.54, 1.807) is 24.3 Å². The molecule has 1 aliphatic carbocycles. The van der Waals surface area contributed by atoms with E-state index in [1.165, 1.54) is 0 Å². The minimum absolute atomic E-state index is 0.124. The monoisotopic (exact) mass is 369 g/mol. The minimum Gasteiger partial charge on any atom is -0.445 e. The van der Waals surface area contributed by atoms with E-state index in [4.69, 9.17) is 4.74 Å². The van der Waals surface area contributed by atoms with Crippen LogP contribution in [0.4, 0.5) is 4.79 Å². The quantitative estimate of drug-likeness (QED) is 0.622. The summed E-state index contributed by atoms with van der Waals surface area (Å²) in [6, 6.07) is 15.8. The van der Waals surface area contributed by atoms with Crippen LogP contribution in [-0.2, 0) is 11.3 Å². The first-order chi connectivity index (χ1) is 13.0. The van der Waals surface area contributed by atoms with Crippen LogP contribution in [-0.4, -0.2) is 34.7 Å². The second kappa shape index (κ2) is 8.79. The predicted molar refractivity (Wildman–Crippen MR) is 99.1 cm³/mol. The Morgan fingerprint density at radius 3 is 2.33 bits per heavy atom. The molecule has 3 rings (SSSR count). The maximum atomic E-state index is 12.0. The van der Waals surface area contributed by atoms with Crippen molar-refractivity contribution >= 4 is 11.9 Å². The summed E-state index contributed by atoms with van der Waals surface area (Å²) in [6.07, 6.45) is -1.17. The van der Waals surface area contributed by atoms with Gasteiger partial charge in [-0.25, -0.2) is 4.79 Å². The van der Waals surface area contributed by atoms with E-state index in [-0.39, 0.29) is 24.9 Å². The Kier molecular flexibility index (Phi) is 6.21. The molecule has 2 unspecified atom stereocenters. The van der Waals surface area contributed by atoms with Crippen molar-refractivity contribution in [1.29, 1.82) is 0 Å². The zero-order valence-corrected chi connectivity index (χ0v) is 14.9. The first-order valence-corrected chi connectivity index (χ1v) is 8.99. The van der Waals surface area contributed by atoms with Crippen LogP contribution in [0.5, 0.6) is 0 Å². The van der Waals surface area contributed by atoms with E-state index >= 15 is 0 Å². The molecule has 0 radical (unpaired) electrons. The molecule has 2 aromatic carbocycles. The number of ketones is 1. The summed E-state index contributed by atoms with van der Waals surface area (Å²) in [5.41, 5.74) is 1.95. The van der Waals surface area contributed by atoms with Gasteiger partial charge in [0.15, 0.2) is 5.78 Å². The third kappa shape index (κ3) is 5.39. The van der Waals surface area contributed by atoms with Crippen LogP contribution >= 0.6 is 0 Å². The topological polar surface area (TPSA) is 95.9 Å². The number of ether oxygens (including phenoxy) is 1. The van der Waals surface area contributed by atoms with Gasteiger partial charge in [-0.05, 0) is 24.0 Å². The molecule has 27 heavy (non-hydrogen) atoms. The lowest BCUT2D eigenvalue weighted by Crippen LogP contribution is -2.35. The lowest BCUT2D eigenvalue weighted by atomic mass is 10.00. The van der Waals surface area contributed by atoms with Gasteiger partial charge in [0.25, 0.3) is 0 Å². The number of carbonyl (C=O) groups is 2. The smallest absolute Gasteiger partial charge is 0.407 e. The van der Waals surface area contributed by atoms with Crippen molar-refractivity contribution in [2.24, 2.45) is 5.92 Å². The number of nitrogens with one attached hydrogen (secondary N) is 1. The zero-order chi connectivity index (χ0) is 19.2. The molecular formula is C21H23NO5. The Hall–Kier alpha value is -2.70. The van der Waals surface area contributed by atoms with E-state index in [2.05, 4.69) is 5.32 Å². The molecule has 0 bridgehead atoms. The summed E-state index contributed by atoms with van der Waals surface area (Å²) in [7, 11) is 0. The largest absolute Gasteiger partial charge is 0.445 e. The van der Waals surface area contributed by atoms with E-state index in [9.17, 15) is 19.8 Å². The van der Waals surface area contributed by atoms with Crippen LogP contribution < -0.4 is 5.32 Å². The van der Waals surface area contributed by atoms with Crippen molar-refractivity contribution in [2.75, 3.05) is 6.54 Å². The molecule has 1 amide bonds. The summed E-state index contributed by atoms with van der Waals surface area (Å²) < 4.78 is 5.05. The van der Waals surface area contributed by atoms with Gasteiger partial charge in [-0.15, -0.1) is 0 Å². The average Bonchev–Trinajstić information content (AvgIpc) is 3.55. The molecule has 0 saturated heterocycles. The van der Waals surface area contributed by atoms with Gasteiger partial charge in [0.2, 0.25) is 0 Å². The molecule has 3 N–H and O–H groups in total. The van der Waals surface area contributed by atoms with Crippen LogP contribution in [0, 0.1) is 5.92 Å². The van der Waals surface area contributed by atoms with E-state index in [0.29, 0.717) is 11.1 Å². The van der Waals surface area contributed by atoms with Crippen LogP contribution in [0.2, 0.25) is 0 Å². The molecule has 0 aliphatic heterocycles. The summed E-state index contributed by atoms with van der Waals surface area (Å²) in [5, 5.41) is 22.8. The van der Waals surface area contributed by atoms with E-state index < -0.39 is 18.3 Å². The Morgan fingerprint density at radius 1 is 1.04 bits per heavy atom. The summed E-state index contributed by atoms with van der Waals surface area (Å²) in [6.45, 7) is -0.0284. The van der Waals surface area contributed by atoms with Crippen molar-refractivity contribution < 1.29 is 24.5 Å². The summed E-state index contributed by atoms with van der Waals surface area (Å²) >= 11 is 0. The highest BCUT2D eigenvalue weighted by Crippen LogP contribution is 2.32. The minimum atomic E-state index is -1.20. The molecule has 6 nitrogen and oxygen atoms in total. The molecule has 6 heteroatoms. The fourth-order valence-electron chi connectivity index (χ4n) is 2.72. The average molecular weight is 369 g/mol. The fourth-order valence-corrected chi connectivity index (χ4v) is 2.72. The maximum absolute atomic E-state index is 12.0. The highest BCUT2D eigenvalue weighted by molar-refractivity contribution is 5.99. The van der Waals surface area contributed by atoms with Gasteiger partial charge in [0.05, 0.1) is 0 Å². The lowest BCUT2D eigenvalue weighted by molar-refractivity contribution is 0.0184. The zero-order valence-electron chi connectivity index (χ0n) is 14.9. The molecule has 0 heterocycles. The molecular weight excluding hydrogens is 346 g/mol. The molecule has 0 spiro atoms. The molecule has 1 fully saturated rings. The van der Waals surface area contributed by atoms with Gasteiger partial charge in [-0.2, -0.15) is 0 Å². The number of hydrogen-bond donors (Lipinski definition) is 3. The van der Waals surface area contributed by atoms with Gasteiger partial charge >= 0.3 is 6.09 Å². The number of carbonyl (C=O) groups excluding carboxylic acids is 2. The Morgan fingerprint density at radius 2 is 1.70 bits per heavy atom. The van der Waals surface area contributed by atoms with Crippen LogP contribution in [0.1, 0.15) is 40.4 Å². The first-order valence-electron chi connectivity index (χ1n) is 8.99. The Bertz CT molecular complexity index is 771. The van der Waals surface area contributed by atoms with Gasteiger partial charge in [-0.3, -0.25) is 4.79 Å². The molecule has 142 valence electrons. The van der Waals surface area contributed by atoms with Crippen LogP contribution in [0.25, 0.3) is 0 Å². The van der Waals surface area contributed by atoms with Crippen molar-refractivity contribution in [1.82, 2.24) is 5.32 Å². The number of Topliss-reactive ketones (excluding diaryl/α,β-unsaturated/α-hetero) is 1. The van der Waals surface area contributed by atoms with Crippen molar-refractivity contribution in [3.8, 4) is 0 Å². The second-order valence-electron chi connectivity index (χ2n) is 6.72. The van der Waals surface area contributed by atoms with Gasteiger partial charge in [0.1, 0.15) is 18.8 Å². The molecule has 2 atom stereocenters. The SMILES string of the molecule is O=C(NCC(O)C(O)c1ccc(C(=O)C2CC2)cc1)OCc1ccccc1. The second-order valence-corrected chi connectivity index (χ2v) is 6.72. The fraction of sp³-hybridized carbons (Fsp3) is 0.333. The van der Waals surface area contributed by atoms with Gasteiger partial charge in [0, 0.05) is 18.0 Å². The lowest BCUT2D eigenvalue weighted by Gasteiger charge is -2.19. The Labute approximate surface area is 157 Å². The summed E-state index contributed by atoms with van der Waals surface area (Å²) in [4.78, 5) is 23.7. The van der Waals surface area contributed by atoms with Crippen LogP contribution in [0.3, 0.4) is 0 Å². The predicted octanol–water partition coefficient (Wildman–Crippen LogP) is 2.60. The number of amides is 1. The molecule has 1 aliphatic rings. The first kappa shape index (κ1) is 19.1. The third-order valence-electron chi connectivity index (χ3n) is 4.52. The highest BCUT2D eigenvalue weighted by atomic mass is 16.5. The highest BCUT2D eigenvalue weighted by Gasteiger charge is 2.30.